The minimum atomic E-state index is -3.62. The van der Waals surface area contributed by atoms with E-state index in [1.807, 2.05) is 38.1 Å². The molecule has 1 amide bonds. The quantitative estimate of drug-likeness (QED) is 0.837. The Morgan fingerprint density at radius 1 is 1.12 bits per heavy atom. The lowest BCUT2D eigenvalue weighted by Crippen LogP contribution is -2.40. The van der Waals surface area contributed by atoms with E-state index in [-0.39, 0.29) is 12.5 Å². The molecular formula is C18H21ClN2O3S. The van der Waals surface area contributed by atoms with E-state index in [2.05, 4.69) is 5.32 Å². The highest BCUT2D eigenvalue weighted by molar-refractivity contribution is 7.92. The van der Waals surface area contributed by atoms with Gasteiger partial charge < -0.3 is 5.32 Å². The van der Waals surface area contributed by atoms with E-state index >= 15 is 0 Å². The van der Waals surface area contributed by atoms with Gasteiger partial charge in [0.25, 0.3) is 0 Å². The third kappa shape index (κ3) is 5.21. The van der Waals surface area contributed by atoms with Gasteiger partial charge >= 0.3 is 0 Å². The maximum absolute atomic E-state index is 12.3. The third-order valence-corrected chi connectivity index (χ3v) is 5.42. The number of anilines is 1. The molecule has 0 spiro atoms. The molecule has 25 heavy (non-hydrogen) atoms. The minimum absolute atomic E-state index is 0.301. The molecule has 2 aromatic carbocycles. The SMILES string of the molecule is Cc1ccc(N(CC(=O)NCc2ccccc2C)S(C)(=O)=O)cc1Cl. The maximum Gasteiger partial charge on any atom is 0.241 e. The van der Waals surface area contributed by atoms with Gasteiger partial charge in [-0.05, 0) is 42.7 Å². The van der Waals surface area contributed by atoms with Gasteiger partial charge in [0.2, 0.25) is 15.9 Å². The zero-order chi connectivity index (χ0) is 18.6. The smallest absolute Gasteiger partial charge is 0.241 e. The van der Waals surface area contributed by atoms with Gasteiger partial charge in [0.05, 0.1) is 11.9 Å². The van der Waals surface area contributed by atoms with Crippen LogP contribution in [0.3, 0.4) is 0 Å². The summed E-state index contributed by atoms with van der Waals surface area (Å²) in [5.41, 5.74) is 3.25. The number of carbonyl (C=O) groups excluding carboxylic acids is 1. The molecule has 0 saturated heterocycles. The predicted octanol–water partition coefficient (Wildman–Crippen LogP) is 3.04. The van der Waals surface area contributed by atoms with Gasteiger partial charge in [0.15, 0.2) is 0 Å². The van der Waals surface area contributed by atoms with E-state index in [1.165, 1.54) is 0 Å². The van der Waals surface area contributed by atoms with E-state index in [9.17, 15) is 13.2 Å². The first-order valence-corrected chi connectivity index (χ1v) is 9.96. The largest absolute Gasteiger partial charge is 0.350 e. The monoisotopic (exact) mass is 380 g/mol. The molecule has 0 aliphatic carbocycles. The van der Waals surface area contributed by atoms with Crippen LogP contribution in [0.15, 0.2) is 42.5 Å². The first-order valence-electron chi connectivity index (χ1n) is 7.73. The summed E-state index contributed by atoms with van der Waals surface area (Å²) in [5, 5.41) is 3.21. The Labute approximate surface area is 153 Å². The second-order valence-electron chi connectivity index (χ2n) is 5.91. The molecule has 7 heteroatoms. The van der Waals surface area contributed by atoms with Gasteiger partial charge in [-0.2, -0.15) is 0 Å². The molecule has 0 aromatic heterocycles. The molecule has 0 heterocycles. The number of hydrogen-bond donors (Lipinski definition) is 1. The lowest BCUT2D eigenvalue weighted by Gasteiger charge is -2.22. The van der Waals surface area contributed by atoms with E-state index in [4.69, 9.17) is 11.6 Å². The Morgan fingerprint density at radius 2 is 1.80 bits per heavy atom. The lowest BCUT2D eigenvalue weighted by atomic mass is 10.1. The minimum Gasteiger partial charge on any atom is -0.350 e. The van der Waals surface area contributed by atoms with Gasteiger partial charge in [0.1, 0.15) is 6.54 Å². The Kier molecular flexibility index (Phi) is 6.08. The highest BCUT2D eigenvalue weighted by Crippen LogP contribution is 2.24. The van der Waals surface area contributed by atoms with Crippen LogP contribution in [-0.4, -0.2) is 27.1 Å². The van der Waals surface area contributed by atoms with Crippen molar-refractivity contribution in [1.82, 2.24) is 5.32 Å². The van der Waals surface area contributed by atoms with Crippen LogP contribution >= 0.6 is 11.6 Å². The first-order chi connectivity index (χ1) is 11.7. The van der Waals surface area contributed by atoms with Crippen LogP contribution in [0.4, 0.5) is 5.69 Å². The molecule has 5 nitrogen and oxygen atoms in total. The van der Waals surface area contributed by atoms with Crippen molar-refractivity contribution >= 4 is 33.2 Å². The second kappa shape index (κ2) is 7.89. The molecule has 1 N–H and O–H groups in total. The number of amides is 1. The zero-order valence-corrected chi connectivity index (χ0v) is 16.0. The van der Waals surface area contributed by atoms with Gasteiger partial charge in [-0.3, -0.25) is 9.10 Å². The number of rotatable bonds is 6. The summed E-state index contributed by atoms with van der Waals surface area (Å²) in [5.74, 6) is -0.384. The molecule has 0 fully saturated rings. The number of aryl methyl sites for hydroxylation is 2. The maximum atomic E-state index is 12.3. The van der Waals surface area contributed by atoms with Crippen LogP contribution in [0.1, 0.15) is 16.7 Å². The highest BCUT2D eigenvalue weighted by atomic mass is 35.5. The number of halogens is 1. The number of benzene rings is 2. The van der Waals surface area contributed by atoms with Crippen molar-refractivity contribution in [2.24, 2.45) is 0 Å². The fraction of sp³-hybridized carbons (Fsp3) is 0.278. The summed E-state index contributed by atoms with van der Waals surface area (Å²) < 4.78 is 25.2. The highest BCUT2D eigenvalue weighted by Gasteiger charge is 2.21. The van der Waals surface area contributed by atoms with Gasteiger partial charge in [-0.15, -0.1) is 0 Å². The van der Waals surface area contributed by atoms with Crippen LogP contribution in [0, 0.1) is 13.8 Å². The van der Waals surface area contributed by atoms with E-state index in [0.717, 1.165) is 27.3 Å². The van der Waals surface area contributed by atoms with Crippen LogP contribution in [-0.2, 0) is 21.4 Å². The van der Waals surface area contributed by atoms with E-state index < -0.39 is 10.0 Å². The number of nitrogens with one attached hydrogen (secondary N) is 1. The second-order valence-corrected chi connectivity index (χ2v) is 8.22. The Balaban J connectivity index is 2.13. The van der Waals surface area contributed by atoms with Crippen LogP contribution < -0.4 is 9.62 Å². The summed E-state index contributed by atoms with van der Waals surface area (Å²) >= 11 is 6.08. The predicted molar refractivity (Wildman–Crippen MR) is 101 cm³/mol. The van der Waals surface area contributed by atoms with Gasteiger partial charge in [-0.25, -0.2) is 8.42 Å². The molecule has 0 aliphatic heterocycles. The van der Waals surface area contributed by atoms with Crippen molar-refractivity contribution in [3.8, 4) is 0 Å². The molecule has 0 radical (unpaired) electrons. The van der Waals surface area contributed by atoms with Crippen molar-refractivity contribution in [1.29, 1.82) is 0 Å². The van der Waals surface area contributed by atoms with Crippen molar-refractivity contribution in [3.05, 3.63) is 64.2 Å². The average Bonchev–Trinajstić information content (AvgIpc) is 2.53. The van der Waals surface area contributed by atoms with Gasteiger partial charge in [-0.1, -0.05) is 41.9 Å². The molecule has 2 rings (SSSR count). The number of nitrogens with zero attached hydrogens (tertiary/aromatic N) is 1. The van der Waals surface area contributed by atoms with Crippen LogP contribution in [0.5, 0.6) is 0 Å². The number of sulfonamides is 1. The molecule has 2 aromatic rings. The van der Waals surface area contributed by atoms with Crippen molar-refractivity contribution in [3.63, 3.8) is 0 Å². The van der Waals surface area contributed by atoms with Gasteiger partial charge in [0, 0.05) is 11.6 Å². The third-order valence-electron chi connectivity index (χ3n) is 3.87. The van der Waals surface area contributed by atoms with E-state index in [1.54, 1.807) is 18.2 Å². The summed E-state index contributed by atoms with van der Waals surface area (Å²) in [4.78, 5) is 12.3. The summed E-state index contributed by atoms with van der Waals surface area (Å²) in [7, 11) is -3.62. The normalized spacial score (nSPS) is 11.2. The summed E-state index contributed by atoms with van der Waals surface area (Å²) in [6.45, 7) is 3.83. The van der Waals surface area contributed by atoms with Crippen LogP contribution in [0.2, 0.25) is 5.02 Å². The summed E-state index contributed by atoms with van der Waals surface area (Å²) in [6.07, 6.45) is 1.06. The van der Waals surface area contributed by atoms with Crippen molar-refractivity contribution < 1.29 is 13.2 Å². The molecule has 0 bridgehead atoms. The average molecular weight is 381 g/mol. The zero-order valence-electron chi connectivity index (χ0n) is 14.4. The number of hydrogen-bond acceptors (Lipinski definition) is 3. The Bertz CT molecular complexity index is 882. The molecular weight excluding hydrogens is 360 g/mol. The first kappa shape index (κ1) is 19.3. The number of carbonyl (C=O) groups is 1. The fourth-order valence-electron chi connectivity index (χ4n) is 2.33. The molecule has 0 aliphatic rings. The lowest BCUT2D eigenvalue weighted by molar-refractivity contribution is -0.119. The fourth-order valence-corrected chi connectivity index (χ4v) is 3.35. The van der Waals surface area contributed by atoms with Crippen molar-refractivity contribution in [2.75, 3.05) is 17.1 Å². The molecule has 0 saturated carbocycles. The Morgan fingerprint density at radius 3 is 2.40 bits per heavy atom. The van der Waals surface area contributed by atoms with E-state index in [0.29, 0.717) is 17.3 Å². The Hall–Kier alpha value is -2.05. The topological polar surface area (TPSA) is 66.5 Å². The van der Waals surface area contributed by atoms with Crippen molar-refractivity contribution in [2.45, 2.75) is 20.4 Å². The molecule has 0 atom stereocenters. The summed E-state index contributed by atoms with van der Waals surface area (Å²) in [6, 6.07) is 12.6. The standard InChI is InChI=1S/C18H21ClN2O3S/c1-13-6-4-5-7-15(13)11-20-18(22)12-21(25(3,23)24)16-9-8-14(2)17(19)10-16/h4-10H,11-12H2,1-3H3,(H,20,22). The molecule has 134 valence electrons. The molecule has 0 unspecified atom stereocenters. The van der Waals surface area contributed by atoms with Crippen LogP contribution in [0.25, 0.3) is 0 Å².